The van der Waals surface area contributed by atoms with Crippen LogP contribution < -0.4 is 0 Å². The lowest BCUT2D eigenvalue weighted by Crippen LogP contribution is -1.93. The summed E-state index contributed by atoms with van der Waals surface area (Å²) in [6, 6.07) is 5.12. The lowest BCUT2D eigenvalue weighted by Gasteiger charge is -2.03. The normalized spacial score (nSPS) is 17.3. The molecule has 0 radical (unpaired) electrons. The fourth-order valence-corrected chi connectivity index (χ4v) is 3.39. The molecule has 0 bridgehead atoms. The molecule has 0 unspecified atom stereocenters. The van der Waals surface area contributed by atoms with Crippen molar-refractivity contribution in [2.75, 3.05) is 13.7 Å². The molecule has 0 saturated heterocycles. The number of sulfone groups is 1. The summed E-state index contributed by atoms with van der Waals surface area (Å²) in [4.78, 5) is 0.359. The molecule has 0 atom stereocenters. The van der Waals surface area contributed by atoms with Gasteiger partial charge in [-0.05, 0) is 23.8 Å². The van der Waals surface area contributed by atoms with E-state index >= 15 is 0 Å². The molecule has 0 fully saturated rings. The number of hydrogen-bond donors (Lipinski definition) is 0. The third-order valence-corrected chi connectivity index (χ3v) is 4.25. The van der Waals surface area contributed by atoms with E-state index in [1.54, 1.807) is 25.3 Å². The van der Waals surface area contributed by atoms with Gasteiger partial charge in [-0.3, -0.25) is 0 Å². The Hall–Kier alpha value is -0.650. The molecule has 3 nitrogen and oxygen atoms in total. The van der Waals surface area contributed by atoms with Crippen molar-refractivity contribution in [3.8, 4) is 0 Å². The van der Waals surface area contributed by atoms with Gasteiger partial charge in [0.05, 0.1) is 11.5 Å². The van der Waals surface area contributed by atoms with E-state index in [0.29, 0.717) is 17.1 Å². The van der Waals surface area contributed by atoms with Gasteiger partial charge in [-0.25, -0.2) is 8.42 Å². The number of hydrogen-bond acceptors (Lipinski definition) is 3. The minimum Gasteiger partial charge on any atom is -0.380 e. The van der Waals surface area contributed by atoms with Gasteiger partial charge in [-0.2, -0.15) is 0 Å². The van der Waals surface area contributed by atoms with E-state index in [0.717, 1.165) is 10.0 Å². The third kappa shape index (κ3) is 1.87. The molecule has 2 rings (SSSR count). The first-order chi connectivity index (χ1) is 7.04. The molecule has 0 saturated carbocycles. The molecule has 15 heavy (non-hydrogen) atoms. The van der Waals surface area contributed by atoms with Crippen LogP contribution in [0.15, 0.2) is 33.0 Å². The maximum atomic E-state index is 11.7. The first-order valence-electron chi connectivity index (χ1n) is 4.29. The van der Waals surface area contributed by atoms with Gasteiger partial charge >= 0.3 is 0 Å². The first kappa shape index (κ1) is 10.9. The van der Waals surface area contributed by atoms with Gasteiger partial charge in [0.15, 0.2) is 0 Å². The zero-order chi connectivity index (χ0) is 11.1. The standard InChI is InChI=1S/C10H9BrO3S/c1-14-5-7-6-15(12,13)10-3-2-8(11)4-9(7)10/h2-4,6H,5H2,1H3. The molecule has 1 aromatic rings. The second-order valence-corrected chi connectivity index (χ2v) is 5.94. The Labute approximate surface area is 96.8 Å². The predicted molar refractivity (Wildman–Crippen MR) is 61.2 cm³/mol. The predicted octanol–water partition coefficient (Wildman–Crippen LogP) is 2.22. The zero-order valence-corrected chi connectivity index (χ0v) is 10.4. The van der Waals surface area contributed by atoms with E-state index in [-0.39, 0.29) is 0 Å². The molecule has 5 heteroatoms. The van der Waals surface area contributed by atoms with Crippen LogP contribution in [0.1, 0.15) is 5.56 Å². The molecular weight excluding hydrogens is 280 g/mol. The molecule has 0 amide bonds. The van der Waals surface area contributed by atoms with Crippen molar-refractivity contribution in [1.82, 2.24) is 0 Å². The number of benzene rings is 1. The number of halogens is 1. The second kappa shape index (κ2) is 3.73. The average molecular weight is 289 g/mol. The van der Waals surface area contributed by atoms with Crippen LogP contribution in [0.2, 0.25) is 0 Å². The van der Waals surface area contributed by atoms with Crippen molar-refractivity contribution >= 4 is 31.3 Å². The van der Waals surface area contributed by atoms with Gasteiger partial charge in [-0.15, -0.1) is 0 Å². The molecule has 0 aliphatic carbocycles. The number of ether oxygens (including phenoxy) is 1. The maximum absolute atomic E-state index is 11.7. The fourth-order valence-electron chi connectivity index (χ4n) is 1.58. The van der Waals surface area contributed by atoms with Crippen LogP contribution in [0.3, 0.4) is 0 Å². The van der Waals surface area contributed by atoms with E-state index in [1.165, 1.54) is 5.41 Å². The van der Waals surface area contributed by atoms with Crippen molar-refractivity contribution in [2.24, 2.45) is 0 Å². The molecule has 0 N–H and O–H groups in total. The number of methoxy groups -OCH3 is 1. The Kier molecular flexibility index (Phi) is 2.70. The third-order valence-electron chi connectivity index (χ3n) is 2.19. The summed E-state index contributed by atoms with van der Waals surface area (Å²) in [6.07, 6.45) is 0. The van der Waals surface area contributed by atoms with Gasteiger partial charge < -0.3 is 4.74 Å². The highest BCUT2D eigenvalue weighted by atomic mass is 79.9. The van der Waals surface area contributed by atoms with Crippen molar-refractivity contribution in [3.05, 3.63) is 33.6 Å². The summed E-state index contributed by atoms with van der Waals surface area (Å²) in [5.41, 5.74) is 1.43. The van der Waals surface area contributed by atoms with Gasteiger partial charge in [-0.1, -0.05) is 15.9 Å². The Morgan fingerprint density at radius 2 is 2.13 bits per heavy atom. The van der Waals surface area contributed by atoms with Crippen molar-refractivity contribution in [3.63, 3.8) is 0 Å². The summed E-state index contributed by atoms with van der Waals surface area (Å²) < 4.78 is 29.2. The quantitative estimate of drug-likeness (QED) is 0.838. The van der Waals surface area contributed by atoms with Crippen LogP contribution >= 0.6 is 15.9 Å². The molecule has 1 aromatic carbocycles. The second-order valence-electron chi connectivity index (χ2n) is 3.26. The van der Waals surface area contributed by atoms with Crippen molar-refractivity contribution in [2.45, 2.75) is 4.90 Å². The van der Waals surface area contributed by atoms with Crippen LogP contribution in [-0.4, -0.2) is 22.1 Å². The maximum Gasteiger partial charge on any atom is 0.200 e. The lowest BCUT2D eigenvalue weighted by molar-refractivity contribution is 0.239. The van der Waals surface area contributed by atoms with Gasteiger partial charge in [0, 0.05) is 22.6 Å². The fraction of sp³-hybridized carbons (Fsp3) is 0.200. The van der Waals surface area contributed by atoms with Gasteiger partial charge in [0.1, 0.15) is 0 Å². The summed E-state index contributed by atoms with van der Waals surface area (Å²) in [5.74, 6) is 0. The summed E-state index contributed by atoms with van der Waals surface area (Å²) >= 11 is 3.32. The molecular formula is C10H9BrO3S. The molecule has 1 aliphatic heterocycles. The SMILES string of the molecule is COCC1=CS(=O)(=O)c2ccc(Br)cc21. The van der Waals surface area contributed by atoms with E-state index in [1.807, 2.05) is 0 Å². The Morgan fingerprint density at radius 1 is 1.40 bits per heavy atom. The Bertz CT molecular complexity index is 532. The minimum absolute atomic E-state index is 0.308. The minimum atomic E-state index is -3.26. The monoisotopic (exact) mass is 288 g/mol. The van der Waals surface area contributed by atoms with E-state index < -0.39 is 9.84 Å². The highest BCUT2D eigenvalue weighted by Crippen LogP contribution is 2.35. The molecule has 80 valence electrons. The molecule has 0 aromatic heterocycles. The summed E-state index contributed by atoms with van der Waals surface area (Å²) in [5, 5.41) is 1.27. The topological polar surface area (TPSA) is 43.4 Å². The Morgan fingerprint density at radius 3 is 2.80 bits per heavy atom. The smallest absolute Gasteiger partial charge is 0.200 e. The number of fused-ring (bicyclic) bond motifs is 1. The van der Waals surface area contributed by atoms with Crippen LogP contribution in [0, 0.1) is 0 Å². The largest absolute Gasteiger partial charge is 0.380 e. The van der Waals surface area contributed by atoms with Gasteiger partial charge in [0.25, 0.3) is 0 Å². The van der Waals surface area contributed by atoms with Crippen molar-refractivity contribution in [1.29, 1.82) is 0 Å². The van der Waals surface area contributed by atoms with Crippen LogP contribution in [0.4, 0.5) is 0 Å². The first-order valence-corrected chi connectivity index (χ1v) is 6.63. The van der Waals surface area contributed by atoms with E-state index in [9.17, 15) is 8.42 Å². The lowest BCUT2D eigenvalue weighted by atomic mass is 10.1. The van der Waals surface area contributed by atoms with Gasteiger partial charge in [0.2, 0.25) is 9.84 Å². The molecule has 1 aliphatic rings. The van der Waals surface area contributed by atoms with E-state index in [4.69, 9.17) is 4.74 Å². The van der Waals surface area contributed by atoms with Crippen LogP contribution in [0.25, 0.3) is 5.57 Å². The highest BCUT2D eigenvalue weighted by molar-refractivity contribution is 9.10. The van der Waals surface area contributed by atoms with Crippen LogP contribution in [0.5, 0.6) is 0 Å². The summed E-state index contributed by atoms with van der Waals surface area (Å²) in [7, 11) is -1.71. The Balaban J connectivity index is 2.63. The highest BCUT2D eigenvalue weighted by Gasteiger charge is 2.26. The average Bonchev–Trinajstić information content (AvgIpc) is 2.39. The molecule has 1 heterocycles. The molecule has 0 spiro atoms. The van der Waals surface area contributed by atoms with Crippen molar-refractivity contribution < 1.29 is 13.2 Å². The zero-order valence-electron chi connectivity index (χ0n) is 8.03. The van der Waals surface area contributed by atoms with Crippen LogP contribution in [-0.2, 0) is 14.6 Å². The number of rotatable bonds is 2. The van der Waals surface area contributed by atoms with E-state index in [2.05, 4.69) is 15.9 Å². The summed E-state index contributed by atoms with van der Waals surface area (Å²) in [6.45, 7) is 0.308.